The average molecular weight is 625 g/mol. The van der Waals surface area contributed by atoms with Crippen molar-refractivity contribution in [3.63, 3.8) is 0 Å². The number of ether oxygens (including phenoxy) is 1. The minimum Gasteiger partial charge on any atom is -0.447 e. The molecule has 1 aromatic carbocycles. The molecule has 0 aliphatic carbocycles. The smallest absolute Gasteiger partial charge is 0.416 e. The molecule has 1 amide bonds. The highest BCUT2D eigenvalue weighted by molar-refractivity contribution is 6.30. The number of nitrogens with zero attached hydrogens (tertiary/aromatic N) is 6. The number of halogens is 4. The third-order valence-corrected chi connectivity index (χ3v) is 8.69. The van der Waals surface area contributed by atoms with Crippen LogP contribution in [0, 0.1) is 11.8 Å². The molecule has 3 unspecified atom stereocenters. The molecule has 1 saturated heterocycles. The summed E-state index contributed by atoms with van der Waals surface area (Å²) in [6.45, 7) is 13.4. The lowest BCUT2D eigenvalue weighted by atomic mass is 9.87. The van der Waals surface area contributed by atoms with Gasteiger partial charge in [0.15, 0.2) is 0 Å². The van der Waals surface area contributed by atoms with Crippen molar-refractivity contribution in [3.8, 4) is 0 Å². The Labute approximate surface area is 258 Å². The van der Waals surface area contributed by atoms with Crippen molar-refractivity contribution in [2.75, 3.05) is 13.1 Å². The molecule has 12 heteroatoms. The second-order valence-corrected chi connectivity index (χ2v) is 12.7. The maximum atomic E-state index is 13.7. The maximum Gasteiger partial charge on any atom is 0.416 e. The summed E-state index contributed by atoms with van der Waals surface area (Å²) in [5, 5.41) is 6.60. The second-order valence-electron chi connectivity index (χ2n) is 12.3. The monoisotopic (exact) mass is 624 g/mol. The number of hydrogen-bond acceptors (Lipinski definition) is 7. The highest BCUT2D eigenvalue weighted by Gasteiger charge is 2.41. The molecule has 8 nitrogen and oxygen atoms in total. The number of likely N-dealkylation sites (tertiary alicyclic amines) is 1. The Morgan fingerprint density at radius 3 is 2.26 bits per heavy atom. The van der Waals surface area contributed by atoms with Crippen molar-refractivity contribution >= 4 is 36.1 Å². The van der Waals surface area contributed by atoms with Crippen LogP contribution in [-0.2, 0) is 17.5 Å². The summed E-state index contributed by atoms with van der Waals surface area (Å²) in [6.07, 6.45) is 1.46. The zero-order valence-corrected chi connectivity index (χ0v) is 26.6. The minimum atomic E-state index is -4.52. The summed E-state index contributed by atoms with van der Waals surface area (Å²) in [6, 6.07) is 3.66. The fraction of sp³-hybridized carbons (Fsp3) is 0.677. The predicted octanol–water partition coefficient (Wildman–Crippen LogP) is 7.11. The lowest BCUT2D eigenvalue weighted by Gasteiger charge is -2.48. The lowest BCUT2D eigenvalue weighted by Crippen LogP contribution is -2.57. The van der Waals surface area contributed by atoms with Gasteiger partial charge < -0.3 is 14.5 Å². The predicted molar refractivity (Wildman–Crippen MR) is 165 cm³/mol. The van der Waals surface area contributed by atoms with Crippen molar-refractivity contribution in [1.82, 2.24) is 14.8 Å². The van der Waals surface area contributed by atoms with Gasteiger partial charge in [-0.25, -0.2) is 9.79 Å². The first-order chi connectivity index (χ1) is 20.3. The summed E-state index contributed by atoms with van der Waals surface area (Å²) in [5.74, 6) is 0.769. The second kappa shape index (κ2) is 13.9. The first-order valence-electron chi connectivity index (χ1n) is 15.3. The van der Waals surface area contributed by atoms with E-state index in [2.05, 4.69) is 24.0 Å². The fourth-order valence-corrected chi connectivity index (χ4v) is 6.43. The average Bonchev–Trinajstić information content (AvgIpc) is 3.45. The van der Waals surface area contributed by atoms with Crippen molar-refractivity contribution in [2.45, 2.75) is 110 Å². The van der Waals surface area contributed by atoms with E-state index in [1.165, 1.54) is 0 Å². The van der Waals surface area contributed by atoms with Gasteiger partial charge in [0, 0.05) is 66.5 Å². The summed E-state index contributed by atoms with van der Waals surface area (Å²) < 4.78 is 46.6. The lowest BCUT2D eigenvalue weighted by molar-refractivity contribution is -0.137. The number of carbonyl (C=O) groups is 1. The van der Waals surface area contributed by atoms with Gasteiger partial charge in [-0.2, -0.15) is 18.3 Å². The number of benzene rings is 1. The Morgan fingerprint density at radius 1 is 1.07 bits per heavy atom. The van der Waals surface area contributed by atoms with Gasteiger partial charge in [0.25, 0.3) is 0 Å². The van der Waals surface area contributed by atoms with E-state index in [-0.39, 0.29) is 53.7 Å². The molecule has 0 bridgehead atoms. The van der Waals surface area contributed by atoms with Crippen LogP contribution in [0.2, 0.25) is 5.02 Å². The number of amides is 1. The minimum absolute atomic E-state index is 0.0262. The van der Waals surface area contributed by atoms with Crippen LogP contribution in [0.1, 0.15) is 78.4 Å². The molecule has 3 heterocycles. The van der Waals surface area contributed by atoms with Crippen LogP contribution < -0.4 is 0 Å². The molecule has 0 N–H and O–H groups in total. The third kappa shape index (κ3) is 8.02. The summed E-state index contributed by atoms with van der Waals surface area (Å²) in [5.41, 5.74) is -0.360. The SMILES string of the molecule is CC[C@@H]1CC(N(Cc2cc(Cl)cc(C(F)(F)F)c2)C2=NCC(C3C=NN(C(C)C)C3)C=N2)C[C@H](CC)N1C(=O)OC(C)C. The molecule has 238 valence electrons. The van der Waals surface area contributed by atoms with Gasteiger partial charge in [-0.1, -0.05) is 25.4 Å². The van der Waals surface area contributed by atoms with Gasteiger partial charge >= 0.3 is 12.3 Å². The highest BCUT2D eigenvalue weighted by atomic mass is 35.5. The van der Waals surface area contributed by atoms with Crippen LogP contribution in [0.3, 0.4) is 0 Å². The van der Waals surface area contributed by atoms with Crippen molar-refractivity contribution < 1.29 is 22.7 Å². The van der Waals surface area contributed by atoms with E-state index in [0.29, 0.717) is 49.8 Å². The summed E-state index contributed by atoms with van der Waals surface area (Å²) in [7, 11) is 0. The molecule has 1 aromatic rings. The van der Waals surface area contributed by atoms with Crippen LogP contribution >= 0.6 is 11.6 Å². The van der Waals surface area contributed by atoms with Crippen LogP contribution in [-0.4, -0.2) is 82.7 Å². The normalized spacial score (nSPS) is 26.0. The van der Waals surface area contributed by atoms with E-state index >= 15 is 0 Å². The Bertz CT molecular complexity index is 1210. The van der Waals surface area contributed by atoms with E-state index in [0.717, 1.165) is 18.7 Å². The van der Waals surface area contributed by atoms with Crippen LogP contribution in [0.4, 0.5) is 18.0 Å². The molecule has 43 heavy (non-hydrogen) atoms. The Hall–Kier alpha value is -2.82. The Balaban J connectivity index is 1.63. The maximum absolute atomic E-state index is 13.7. The van der Waals surface area contributed by atoms with Gasteiger partial charge in [-0.15, -0.1) is 0 Å². The first-order valence-corrected chi connectivity index (χ1v) is 15.7. The molecule has 4 rings (SSSR count). The molecular weight excluding hydrogens is 581 g/mol. The Kier molecular flexibility index (Phi) is 10.7. The van der Waals surface area contributed by atoms with E-state index in [4.69, 9.17) is 26.3 Å². The molecular formula is C31H44ClF3N6O2. The zero-order valence-electron chi connectivity index (χ0n) is 25.9. The van der Waals surface area contributed by atoms with Crippen LogP contribution in [0.25, 0.3) is 0 Å². The van der Waals surface area contributed by atoms with Gasteiger partial charge in [-0.05, 0) is 77.1 Å². The standard InChI is InChI=1S/C31H44ClF3N6O2/c1-7-26-12-28(13-27(8-2)41(26)30(42)43-20(5)6)39(17-21-9-24(31(33,34)35)11-25(32)10-21)29-36-14-22(15-37-29)23-16-38-40(18-23)19(3)4/h9-11,14,16,19-20,22-23,26-28H,7-8,12-13,15,17-18H2,1-6H3/t22?,23?,26-,27+,28?. The van der Waals surface area contributed by atoms with E-state index in [9.17, 15) is 18.0 Å². The molecule has 1 fully saturated rings. The van der Waals surface area contributed by atoms with Crippen molar-refractivity contribution in [1.29, 1.82) is 0 Å². The molecule has 0 aromatic heterocycles. The number of rotatable bonds is 8. The number of aliphatic imine (C=N–C) groups is 2. The molecule has 0 radical (unpaired) electrons. The number of guanidine groups is 1. The number of piperidine rings is 1. The fourth-order valence-electron chi connectivity index (χ4n) is 6.18. The van der Waals surface area contributed by atoms with E-state index < -0.39 is 11.7 Å². The quantitative estimate of drug-likeness (QED) is 0.309. The van der Waals surface area contributed by atoms with Crippen molar-refractivity contribution in [3.05, 3.63) is 34.3 Å². The van der Waals surface area contributed by atoms with Gasteiger partial charge in [0.1, 0.15) is 0 Å². The van der Waals surface area contributed by atoms with Gasteiger partial charge in [0.05, 0.1) is 18.2 Å². The third-order valence-electron chi connectivity index (χ3n) is 8.48. The van der Waals surface area contributed by atoms with Gasteiger partial charge in [-0.3, -0.25) is 10.0 Å². The molecule has 0 spiro atoms. The number of alkyl halides is 3. The highest BCUT2D eigenvalue weighted by Crippen LogP contribution is 2.35. The molecule has 3 aliphatic rings. The number of hydrazone groups is 1. The first kappa shape index (κ1) is 33.1. The topological polar surface area (TPSA) is 73.1 Å². The summed E-state index contributed by atoms with van der Waals surface area (Å²) >= 11 is 6.17. The largest absolute Gasteiger partial charge is 0.447 e. The number of hydrogen-bond donors (Lipinski definition) is 0. The molecule has 0 saturated carbocycles. The zero-order chi connectivity index (χ0) is 31.5. The Morgan fingerprint density at radius 2 is 1.74 bits per heavy atom. The summed E-state index contributed by atoms with van der Waals surface area (Å²) in [4.78, 5) is 26.7. The van der Waals surface area contributed by atoms with Crippen molar-refractivity contribution in [2.24, 2.45) is 26.9 Å². The van der Waals surface area contributed by atoms with Crippen LogP contribution in [0.15, 0.2) is 33.3 Å². The van der Waals surface area contributed by atoms with E-state index in [1.807, 2.05) is 49.9 Å². The number of carbonyl (C=O) groups excluding carboxylic acids is 1. The molecule has 5 atom stereocenters. The van der Waals surface area contributed by atoms with Gasteiger partial charge in [0.2, 0.25) is 5.96 Å². The molecule has 3 aliphatic heterocycles. The van der Waals surface area contributed by atoms with Crippen LogP contribution in [0.5, 0.6) is 0 Å². The van der Waals surface area contributed by atoms with E-state index in [1.54, 1.807) is 6.07 Å².